The van der Waals surface area contributed by atoms with Crippen molar-refractivity contribution >= 4 is 33.9 Å². The summed E-state index contributed by atoms with van der Waals surface area (Å²) >= 11 is 1.49. The van der Waals surface area contributed by atoms with E-state index >= 15 is 0 Å². The molecule has 1 aromatic carbocycles. The predicted molar refractivity (Wildman–Crippen MR) is 82.3 cm³/mol. The Labute approximate surface area is 125 Å². The molecule has 0 fully saturated rings. The van der Waals surface area contributed by atoms with Crippen molar-refractivity contribution < 1.29 is 14.7 Å². The first-order chi connectivity index (χ1) is 10.1. The molecule has 0 atom stereocenters. The Bertz CT molecular complexity index is 831. The molecule has 3 rings (SSSR count). The molecule has 106 valence electrons. The average Bonchev–Trinajstić information content (AvgIpc) is 3.02. The molecule has 0 amide bonds. The number of hydrogen-bond donors (Lipinski definition) is 1. The van der Waals surface area contributed by atoms with Crippen molar-refractivity contribution in [1.82, 2.24) is 4.57 Å². The minimum absolute atomic E-state index is 0.189. The van der Waals surface area contributed by atoms with Gasteiger partial charge in [0.05, 0.1) is 11.1 Å². The number of carbonyl (C=O) groups excluding carboxylic acids is 2. The summed E-state index contributed by atoms with van der Waals surface area (Å²) in [4.78, 5) is 25.2. The van der Waals surface area contributed by atoms with Crippen LogP contribution >= 0.6 is 11.3 Å². The van der Waals surface area contributed by atoms with Crippen molar-refractivity contribution in [2.75, 3.05) is 0 Å². The highest BCUT2D eigenvalue weighted by molar-refractivity contribution is 7.10. The van der Waals surface area contributed by atoms with Crippen LogP contribution in [0.2, 0.25) is 0 Å². The Morgan fingerprint density at radius 3 is 2.62 bits per heavy atom. The van der Waals surface area contributed by atoms with Gasteiger partial charge in [-0.15, -0.1) is 11.3 Å². The second-order valence-electron chi connectivity index (χ2n) is 4.75. The normalized spacial score (nSPS) is 10.9. The molecule has 0 spiro atoms. The summed E-state index contributed by atoms with van der Waals surface area (Å²) in [6.07, 6.45) is 0.219. The van der Waals surface area contributed by atoms with Gasteiger partial charge in [0.25, 0.3) is 0 Å². The smallest absolute Gasteiger partial charge is 0.230 e. The molecule has 0 saturated carbocycles. The number of para-hydroxylation sites is 1. The second-order valence-corrected chi connectivity index (χ2v) is 5.78. The van der Waals surface area contributed by atoms with Crippen LogP contribution in [0.5, 0.6) is 5.88 Å². The Kier molecular flexibility index (Phi) is 3.35. The van der Waals surface area contributed by atoms with Crippen LogP contribution in [0, 0.1) is 0 Å². The first-order valence-corrected chi connectivity index (χ1v) is 7.36. The Morgan fingerprint density at radius 1 is 1.19 bits per heavy atom. The van der Waals surface area contributed by atoms with Gasteiger partial charge in [0, 0.05) is 23.6 Å². The fraction of sp³-hybridized carbons (Fsp3) is 0.125. The molecule has 2 heterocycles. The van der Waals surface area contributed by atoms with E-state index in [-0.39, 0.29) is 29.6 Å². The fourth-order valence-corrected chi connectivity index (χ4v) is 3.18. The van der Waals surface area contributed by atoms with Crippen molar-refractivity contribution in [3.05, 3.63) is 52.2 Å². The Balaban J connectivity index is 2.16. The molecule has 2 aromatic heterocycles. The lowest BCUT2D eigenvalue weighted by Crippen LogP contribution is -2.06. The quantitative estimate of drug-likeness (QED) is 0.753. The number of rotatable bonds is 3. The lowest BCUT2D eigenvalue weighted by Gasteiger charge is -2.01. The van der Waals surface area contributed by atoms with E-state index in [0.717, 1.165) is 4.88 Å². The number of nitrogens with zero attached hydrogens (tertiary/aromatic N) is 1. The average molecular weight is 299 g/mol. The second kappa shape index (κ2) is 5.18. The standard InChI is InChI=1S/C16H13NO3S/c1-10(18)17-13-7-3-2-6-12(13)15(16(17)20)14(19)9-11-5-4-8-21-11/h2-8,20H,9H2,1H3. The van der Waals surface area contributed by atoms with E-state index in [4.69, 9.17) is 0 Å². The van der Waals surface area contributed by atoms with E-state index in [9.17, 15) is 14.7 Å². The van der Waals surface area contributed by atoms with E-state index in [1.807, 2.05) is 17.5 Å². The molecule has 3 aromatic rings. The summed E-state index contributed by atoms with van der Waals surface area (Å²) < 4.78 is 1.18. The van der Waals surface area contributed by atoms with Gasteiger partial charge in [0.15, 0.2) is 5.78 Å². The third kappa shape index (κ3) is 2.25. The SMILES string of the molecule is CC(=O)n1c(O)c(C(=O)Cc2cccs2)c2ccccc21. The van der Waals surface area contributed by atoms with Gasteiger partial charge < -0.3 is 5.11 Å². The molecule has 1 N–H and O–H groups in total. The molecule has 0 aliphatic rings. The molecule has 0 unspecified atom stereocenters. The number of hydrogen-bond acceptors (Lipinski definition) is 4. The first-order valence-electron chi connectivity index (χ1n) is 6.48. The topological polar surface area (TPSA) is 59.3 Å². The highest BCUT2D eigenvalue weighted by atomic mass is 32.1. The first kappa shape index (κ1) is 13.6. The zero-order valence-corrected chi connectivity index (χ0v) is 12.2. The van der Waals surface area contributed by atoms with Crippen LogP contribution in [0.25, 0.3) is 10.9 Å². The van der Waals surface area contributed by atoms with Gasteiger partial charge in [0.2, 0.25) is 11.8 Å². The summed E-state index contributed by atoms with van der Waals surface area (Å²) in [6.45, 7) is 1.36. The highest BCUT2D eigenvalue weighted by Crippen LogP contribution is 2.32. The van der Waals surface area contributed by atoms with Crippen LogP contribution in [0.3, 0.4) is 0 Å². The maximum absolute atomic E-state index is 12.5. The molecular weight excluding hydrogens is 286 g/mol. The molecular formula is C16H13NO3S. The summed E-state index contributed by atoms with van der Waals surface area (Å²) in [5.74, 6) is -0.782. The van der Waals surface area contributed by atoms with Crippen LogP contribution in [0.15, 0.2) is 41.8 Å². The number of Topliss-reactive ketones (excluding diaryl/α,β-unsaturated/α-hetero) is 1. The lowest BCUT2D eigenvalue weighted by molar-refractivity contribution is 0.0932. The monoisotopic (exact) mass is 299 g/mol. The number of aromatic hydroxyl groups is 1. The summed E-state index contributed by atoms with van der Waals surface area (Å²) in [6, 6.07) is 10.8. The summed E-state index contributed by atoms with van der Waals surface area (Å²) in [5.41, 5.74) is 0.770. The lowest BCUT2D eigenvalue weighted by atomic mass is 10.1. The third-order valence-corrected chi connectivity index (χ3v) is 4.23. The van der Waals surface area contributed by atoms with E-state index in [1.54, 1.807) is 24.3 Å². The minimum atomic E-state index is -0.320. The van der Waals surface area contributed by atoms with Crippen molar-refractivity contribution in [2.45, 2.75) is 13.3 Å². The van der Waals surface area contributed by atoms with Gasteiger partial charge in [-0.3, -0.25) is 14.2 Å². The van der Waals surface area contributed by atoms with E-state index in [0.29, 0.717) is 10.9 Å². The molecule has 0 radical (unpaired) electrons. The number of fused-ring (bicyclic) bond motifs is 1. The number of benzene rings is 1. The van der Waals surface area contributed by atoms with E-state index < -0.39 is 0 Å². The van der Waals surface area contributed by atoms with Gasteiger partial charge in [-0.1, -0.05) is 24.3 Å². The molecule has 0 bridgehead atoms. The molecule has 5 heteroatoms. The molecule has 0 aliphatic carbocycles. The zero-order chi connectivity index (χ0) is 15.0. The van der Waals surface area contributed by atoms with Gasteiger partial charge in [-0.25, -0.2) is 0 Å². The van der Waals surface area contributed by atoms with Crippen molar-refractivity contribution in [1.29, 1.82) is 0 Å². The zero-order valence-electron chi connectivity index (χ0n) is 11.4. The van der Waals surface area contributed by atoms with Gasteiger partial charge in [-0.2, -0.15) is 0 Å². The maximum Gasteiger partial charge on any atom is 0.230 e. The van der Waals surface area contributed by atoms with Crippen LogP contribution in [0.4, 0.5) is 0 Å². The van der Waals surface area contributed by atoms with Crippen LogP contribution in [-0.2, 0) is 6.42 Å². The fourth-order valence-electron chi connectivity index (χ4n) is 2.48. The third-order valence-electron chi connectivity index (χ3n) is 3.36. The van der Waals surface area contributed by atoms with E-state index in [1.165, 1.54) is 22.8 Å². The van der Waals surface area contributed by atoms with Gasteiger partial charge >= 0.3 is 0 Å². The van der Waals surface area contributed by atoms with Crippen LogP contribution in [-0.4, -0.2) is 21.4 Å². The number of carbonyl (C=O) groups is 2. The van der Waals surface area contributed by atoms with Crippen molar-refractivity contribution in [3.8, 4) is 5.88 Å². The molecule has 0 aliphatic heterocycles. The molecule has 21 heavy (non-hydrogen) atoms. The maximum atomic E-state index is 12.5. The predicted octanol–water partition coefficient (Wildman–Crippen LogP) is 3.49. The van der Waals surface area contributed by atoms with Gasteiger partial charge in [0.1, 0.15) is 0 Å². The Hall–Kier alpha value is -2.40. The van der Waals surface area contributed by atoms with E-state index in [2.05, 4.69) is 0 Å². The largest absolute Gasteiger partial charge is 0.494 e. The number of ketones is 1. The minimum Gasteiger partial charge on any atom is -0.494 e. The van der Waals surface area contributed by atoms with Crippen molar-refractivity contribution in [3.63, 3.8) is 0 Å². The summed E-state index contributed by atoms with van der Waals surface area (Å²) in [7, 11) is 0. The van der Waals surface area contributed by atoms with Gasteiger partial charge in [-0.05, 0) is 17.5 Å². The molecule has 0 saturated heterocycles. The molecule has 4 nitrogen and oxygen atoms in total. The Morgan fingerprint density at radius 2 is 1.95 bits per heavy atom. The highest BCUT2D eigenvalue weighted by Gasteiger charge is 2.23. The summed E-state index contributed by atoms with van der Waals surface area (Å²) in [5, 5.41) is 12.8. The van der Waals surface area contributed by atoms with Crippen molar-refractivity contribution in [2.24, 2.45) is 0 Å². The number of thiophene rings is 1. The van der Waals surface area contributed by atoms with Crippen LogP contribution < -0.4 is 0 Å². The van der Waals surface area contributed by atoms with Crippen LogP contribution in [0.1, 0.15) is 27.0 Å². The number of aromatic nitrogens is 1.